The molecule has 2 aromatic rings. The van der Waals surface area contributed by atoms with Crippen LogP contribution in [-0.4, -0.2) is 23.6 Å². The summed E-state index contributed by atoms with van der Waals surface area (Å²) in [5, 5.41) is 14.5. The highest BCUT2D eigenvalue weighted by atomic mass is 32.1. The van der Waals surface area contributed by atoms with Crippen molar-refractivity contribution >= 4 is 33.9 Å². The maximum Gasteiger partial charge on any atom is 0.341 e. The van der Waals surface area contributed by atoms with E-state index in [4.69, 9.17) is 14.2 Å². The van der Waals surface area contributed by atoms with Crippen LogP contribution in [0.1, 0.15) is 44.8 Å². The number of hydrogen-bond donors (Lipinski definition) is 1. The summed E-state index contributed by atoms with van der Waals surface area (Å²) < 4.78 is 16.1. The van der Waals surface area contributed by atoms with E-state index in [2.05, 4.69) is 5.32 Å². The molecule has 1 aliphatic carbocycles. The Hall–Kier alpha value is -2.98. The first-order chi connectivity index (χ1) is 14.3. The van der Waals surface area contributed by atoms with Gasteiger partial charge in [0.15, 0.2) is 6.79 Å². The quantitative estimate of drug-likeness (QED) is 0.419. The van der Waals surface area contributed by atoms with Gasteiger partial charge in [0, 0.05) is 34.1 Å². The third kappa shape index (κ3) is 4.01. The molecule has 1 saturated carbocycles. The number of thiophene rings is 1. The molecule has 0 spiro atoms. The largest absolute Gasteiger partial charge is 0.467 e. The molecule has 0 saturated heterocycles. The Morgan fingerprint density at radius 3 is 2.80 bits per heavy atom. The van der Waals surface area contributed by atoms with Gasteiger partial charge in [0.05, 0.1) is 17.1 Å². The topological polar surface area (TPSA) is 117 Å². The summed E-state index contributed by atoms with van der Waals surface area (Å²) in [4.78, 5) is 36.6. The highest BCUT2D eigenvalue weighted by Gasteiger charge is 2.32. The summed E-state index contributed by atoms with van der Waals surface area (Å²) >= 11 is 1.33. The van der Waals surface area contributed by atoms with Gasteiger partial charge in [0.25, 0.3) is 5.69 Å². The van der Waals surface area contributed by atoms with Crippen LogP contribution in [0.25, 0.3) is 0 Å². The first-order valence-corrected chi connectivity index (χ1v) is 10.3. The zero-order valence-corrected chi connectivity index (χ0v) is 17.3. The second kappa shape index (κ2) is 8.04. The minimum absolute atomic E-state index is 0.00680. The van der Waals surface area contributed by atoms with E-state index >= 15 is 0 Å². The van der Waals surface area contributed by atoms with Crippen LogP contribution >= 0.6 is 11.3 Å². The molecular weight excluding hydrogens is 412 g/mol. The molecule has 1 amide bonds. The molecule has 9 nitrogen and oxygen atoms in total. The second-order valence-electron chi connectivity index (χ2n) is 7.29. The average Bonchev–Trinajstić information content (AvgIpc) is 3.53. The van der Waals surface area contributed by atoms with Gasteiger partial charge in [-0.05, 0) is 32.3 Å². The van der Waals surface area contributed by atoms with Crippen LogP contribution in [0.15, 0.2) is 12.1 Å². The molecule has 0 radical (unpaired) electrons. The number of ether oxygens (including phenoxy) is 3. The number of nitro benzene ring substituents is 1. The molecule has 2 aliphatic rings. The number of esters is 1. The second-order valence-corrected chi connectivity index (χ2v) is 8.51. The van der Waals surface area contributed by atoms with E-state index in [0.29, 0.717) is 27.4 Å². The van der Waals surface area contributed by atoms with Crippen molar-refractivity contribution in [1.82, 2.24) is 0 Å². The Bertz CT molecular complexity index is 1040. The van der Waals surface area contributed by atoms with Crippen LogP contribution < -0.4 is 10.1 Å². The van der Waals surface area contributed by atoms with Crippen molar-refractivity contribution < 1.29 is 28.7 Å². The molecule has 30 heavy (non-hydrogen) atoms. The minimum atomic E-state index is -0.602. The number of nitro groups is 1. The Morgan fingerprint density at radius 2 is 2.10 bits per heavy atom. The van der Waals surface area contributed by atoms with Crippen molar-refractivity contribution in [3.63, 3.8) is 0 Å². The van der Waals surface area contributed by atoms with Gasteiger partial charge in [-0.2, -0.15) is 0 Å². The number of carbonyl (C=O) groups is 2. The molecule has 10 heteroatoms. The van der Waals surface area contributed by atoms with Crippen LogP contribution in [0.5, 0.6) is 5.75 Å². The minimum Gasteiger partial charge on any atom is -0.467 e. The van der Waals surface area contributed by atoms with E-state index in [1.54, 1.807) is 6.92 Å². The monoisotopic (exact) mass is 432 g/mol. The number of carbonyl (C=O) groups excluding carboxylic acids is 2. The number of fused-ring (bicyclic) bond motifs is 1. The fourth-order valence-electron chi connectivity index (χ4n) is 3.23. The maximum absolute atomic E-state index is 12.9. The summed E-state index contributed by atoms with van der Waals surface area (Å²) in [6, 6.07) is 2.72. The smallest absolute Gasteiger partial charge is 0.341 e. The number of anilines is 1. The molecule has 0 unspecified atom stereocenters. The van der Waals surface area contributed by atoms with Gasteiger partial charge >= 0.3 is 5.97 Å². The molecule has 2 heterocycles. The van der Waals surface area contributed by atoms with E-state index in [1.165, 1.54) is 23.5 Å². The molecular formula is C20H20N2O7S. The molecule has 1 fully saturated rings. The van der Waals surface area contributed by atoms with Crippen LogP contribution in [0.4, 0.5) is 10.7 Å². The van der Waals surface area contributed by atoms with Crippen molar-refractivity contribution in [2.24, 2.45) is 5.92 Å². The van der Waals surface area contributed by atoms with Crippen molar-refractivity contribution in [3.8, 4) is 5.75 Å². The van der Waals surface area contributed by atoms with Gasteiger partial charge in [0.1, 0.15) is 17.4 Å². The lowest BCUT2D eigenvalue weighted by atomic mass is 10.1. The maximum atomic E-state index is 12.9. The highest BCUT2D eigenvalue weighted by Crippen LogP contribution is 2.37. The molecule has 158 valence electrons. The van der Waals surface area contributed by atoms with Crippen molar-refractivity contribution in [2.75, 3.05) is 12.1 Å². The normalized spacial score (nSPS) is 15.1. The van der Waals surface area contributed by atoms with E-state index in [9.17, 15) is 19.7 Å². The molecule has 4 rings (SSSR count). The number of hydrogen-bond acceptors (Lipinski definition) is 8. The summed E-state index contributed by atoms with van der Waals surface area (Å²) in [6.07, 6.45) is 1.72. The van der Waals surface area contributed by atoms with Crippen molar-refractivity contribution in [2.45, 2.75) is 39.9 Å². The first kappa shape index (κ1) is 20.3. The van der Waals surface area contributed by atoms with E-state index in [0.717, 1.165) is 23.3 Å². The predicted molar refractivity (Wildman–Crippen MR) is 108 cm³/mol. The van der Waals surface area contributed by atoms with Crippen molar-refractivity contribution in [1.29, 1.82) is 0 Å². The molecule has 0 atom stereocenters. The summed E-state index contributed by atoms with van der Waals surface area (Å²) in [7, 11) is 0. The molecule has 0 bridgehead atoms. The van der Waals surface area contributed by atoms with E-state index in [-0.39, 0.29) is 37.5 Å². The fraction of sp³-hybridized carbons (Fsp3) is 0.400. The standard InChI is InChI=1S/C20H20N2O7S/c1-10-11(2)30-19(21-18(23)12-3-4-12)16(10)20(24)28-8-14-6-15(22(25)26)5-13-7-27-9-29-17(13)14/h5-6,12H,3-4,7-9H2,1-2H3,(H,21,23). The van der Waals surface area contributed by atoms with E-state index < -0.39 is 10.9 Å². The number of nitrogens with one attached hydrogen (secondary N) is 1. The number of rotatable bonds is 6. The lowest BCUT2D eigenvalue weighted by Gasteiger charge is -2.20. The SMILES string of the molecule is Cc1sc(NC(=O)C2CC2)c(C(=O)OCc2cc([N+](=O)[O-])cc3c2OCOC3)c1C. The van der Waals surface area contributed by atoms with E-state index in [1.807, 2.05) is 6.92 Å². The zero-order valence-electron chi connectivity index (χ0n) is 16.5. The number of non-ortho nitro benzene ring substituents is 1. The van der Waals surface area contributed by atoms with Crippen molar-refractivity contribution in [3.05, 3.63) is 49.4 Å². The summed E-state index contributed by atoms with van der Waals surface area (Å²) in [5.41, 5.74) is 1.84. The van der Waals surface area contributed by atoms with Gasteiger partial charge in [-0.15, -0.1) is 11.3 Å². The van der Waals surface area contributed by atoms with Gasteiger partial charge < -0.3 is 19.5 Å². The lowest BCUT2D eigenvalue weighted by molar-refractivity contribution is -0.385. The first-order valence-electron chi connectivity index (χ1n) is 9.44. The van der Waals surface area contributed by atoms with Crippen LogP contribution in [0.2, 0.25) is 0 Å². The zero-order chi connectivity index (χ0) is 21.4. The number of benzene rings is 1. The lowest BCUT2D eigenvalue weighted by Crippen LogP contribution is -2.17. The van der Waals surface area contributed by atoms with Gasteiger partial charge in [0.2, 0.25) is 5.91 Å². The fourth-order valence-corrected chi connectivity index (χ4v) is 4.28. The van der Waals surface area contributed by atoms with Crippen LogP contribution in [0, 0.1) is 29.9 Å². The van der Waals surface area contributed by atoms with Crippen LogP contribution in [0.3, 0.4) is 0 Å². The number of aryl methyl sites for hydroxylation is 1. The summed E-state index contributed by atoms with van der Waals surface area (Å²) in [6.45, 7) is 3.66. The molecule has 1 aromatic carbocycles. The van der Waals surface area contributed by atoms with Gasteiger partial charge in [-0.3, -0.25) is 14.9 Å². The van der Waals surface area contributed by atoms with Gasteiger partial charge in [-0.1, -0.05) is 0 Å². The Kier molecular flexibility index (Phi) is 5.44. The third-order valence-corrected chi connectivity index (χ3v) is 6.24. The number of amides is 1. The number of nitrogens with zero attached hydrogens (tertiary/aromatic N) is 1. The van der Waals surface area contributed by atoms with Gasteiger partial charge in [-0.25, -0.2) is 4.79 Å². The Balaban J connectivity index is 1.56. The molecule has 1 aromatic heterocycles. The predicted octanol–water partition coefficient (Wildman–Crippen LogP) is 3.85. The van der Waals surface area contributed by atoms with Crippen LogP contribution in [-0.2, 0) is 27.5 Å². The Labute approximate surface area is 176 Å². The third-order valence-electron chi connectivity index (χ3n) is 5.12. The molecule has 1 aliphatic heterocycles. The summed E-state index contributed by atoms with van der Waals surface area (Å²) in [5.74, 6) is -0.255. The highest BCUT2D eigenvalue weighted by molar-refractivity contribution is 7.16. The Morgan fingerprint density at radius 1 is 1.33 bits per heavy atom. The molecule has 1 N–H and O–H groups in total. The average molecular weight is 432 g/mol.